The van der Waals surface area contributed by atoms with Crippen molar-refractivity contribution in [1.29, 1.82) is 0 Å². The maximum atomic E-state index is 12.8. The van der Waals surface area contributed by atoms with E-state index in [-0.39, 0.29) is 5.56 Å². The minimum Gasteiger partial charge on any atom is -0.385 e. The summed E-state index contributed by atoms with van der Waals surface area (Å²) in [5, 5.41) is 3.28. The van der Waals surface area contributed by atoms with Crippen LogP contribution in [-0.4, -0.2) is 21.1 Å². The van der Waals surface area contributed by atoms with E-state index >= 15 is 0 Å². The van der Waals surface area contributed by atoms with E-state index in [2.05, 4.69) is 15.3 Å². The molecule has 0 bridgehead atoms. The van der Waals surface area contributed by atoms with Gasteiger partial charge in [-0.05, 0) is 25.1 Å². The molecular weight excluding hydrogens is 286 g/mol. The first kappa shape index (κ1) is 14.4. The summed E-state index contributed by atoms with van der Waals surface area (Å²) in [5.41, 5.74) is 2.82. The molecule has 0 radical (unpaired) electrons. The highest BCUT2D eigenvalue weighted by atomic mass is 19.3. The molecule has 1 aromatic carbocycles. The average molecular weight is 302 g/mol. The van der Waals surface area contributed by atoms with Crippen molar-refractivity contribution in [1.82, 2.24) is 14.5 Å². The molecule has 2 aromatic heterocycles. The summed E-state index contributed by atoms with van der Waals surface area (Å²) in [6.07, 6.45) is -1.34. The molecule has 0 aliphatic carbocycles. The van der Waals surface area contributed by atoms with Crippen molar-refractivity contribution in [3.05, 3.63) is 42.1 Å². The number of hydrogen-bond acceptors (Lipinski definition) is 3. The van der Waals surface area contributed by atoms with Crippen LogP contribution in [0.15, 0.2) is 36.5 Å². The molecule has 2 heterocycles. The molecule has 22 heavy (non-hydrogen) atoms. The normalized spacial score (nSPS) is 11.3. The number of fused-ring (bicyclic) bond motifs is 1. The molecule has 0 spiro atoms. The van der Waals surface area contributed by atoms with Gasteiger partial charge in [0, 0.05) is 36.6 Å². The molecule has 4 nitrogen and oxygen atoms in total. The van der Waals surface area contributed by atoms with Gasteiger partial charge in [0.05, 0.1) is 0 Å². The lowest BCUT2D eigenvalue weighted by molar-refractivity contribution is 0.151. The Morgan fingerprint density at radius 2 is 2.05 bits per heavy atom. The molecule has 0 atom stereocenters. The van der Waals surface area contributed by atoms with Gasteiger partial charge in [0.1, 0.15) is 11.3 Å². The molecule has 3 aromatic rings. The van der Waals surface area contributed by atoms with E-state index in [0.29, 0.717) is 17.0 Å². The van der Waals surface area contributed by atoms with Crippen molar-refractivity contribution >= 4 is 16.9 Å². The van der Waals surface area contributed by atoms with Gasteiger partial charge in [0.2, 0.25) is 0 Å². The van der Waals surface area contributed by atoms with Crippen LogP contribution in [0.4, 0.5) is 14.5 Å². The monoisotopic (exact) mass is 302 g/mol. The number of pyridine rings is 1. The number of aryl methyl sites for hydroxylation is 1. The number of hydrogen-bond donors (Lipinski definition) is 1. The predicted octanol–water partition coefficient (Wildman–Crippen LogP) is 4.00. The summed E-state index contributed by atoms with van der Waals surface area (Å²) in [4.78, 5) is 8.62. The lowest BCUT2D eigenvalue weighted by Gasteiger charge is -2.10. The molecular formula is C16H16F2N4. The largest absolute Gasteiger partial charge is 0.385 e. The van der Waals surface area contributed by atoms with E-state index < -0.39 is 6.43 Å². The number of imidazole rings is 1. The summed E-state index contributed by atoms with van der Waals surface area (Å²) in [6, 6.07) is 9.18. The van der Waals surface area contributed by atoms with Gasteiger partial charge >= 0.3 is 0 Å². The molecule has 0 saturated heterocycles. The Morgan fingerprint density at radius 1 is 1.27 bits per heavy atom. The Morgan fingerprint density at radius 3 is 2.77 bits per heavy atom. The van der Waals surface area contributed by atoms with Crippen LogP contribution < -0.4 is 5.32 Å². The number of halogens is 2. The standard InChI is InChI=1S/C16H16F2N4/c1-3-19-12-7-5-4-6-11(12)15-21-13-8-10(14(17)18)9-20-16(13)22(15)2/h4-9,14,19H,3H2,1-2H3. The van der Waals surface area contributed by atoms with Gasteiger partial charge in [-0.25, -0.2) is 18.7 Å². The number of benzene rings is 1. The van der Waals surface area contributed by atoms with Crippen molar-refractivity contribution in [3.63, 3.8) is 0 Å². The maximum absolute atomic E-state index is 12.8. The molecule has 3 rings (SSSR count). The number of rotatable bonds is 4. The molecule has 0 fully saturated rings. The van der Waals surface area contributed by atoms with Gasteiger partial charge in [0.25, 0.3) is 6.43 Å². The fourth-order valence-electron chi connectivity index (χ4n) is 2.47. The second-order valence-corrected chi connectivity index (χ2v) is 4.98. The number of anilines is 1. The quantitative estimate of drug-likeness (QED) is 0.792. The highest BCUT2D eigenvalue weighted by Gasteiger charge is 2.16. The average Bonchev–Trinajstić information content (AvgIpc) is 2.84. The zero-order valence-corrected chi connectivity index (χ0v) is 12.3. The van der Waals surface area contributed by atoms with Crippen molar-refractivity contribution in [2.45, 2.75) is 13.3 Å². The minimum atomic E-state index is -2.54. The predicted molar refractivity (Wildman–Crippen MR) is 83.1 cm³/mol. The number of nitrogens with one attached hydrogen (secondary N) is 1. The molecule has 6 heteroatoms. The fourth-order valence-corrected chi connectivity index (χ4v) is 2.47. The second-order valence-electron chi connectivity index (χ2n) is 4.98. The number of aromatic nitrogens is 3. The van der Waals surface area contributed by atoms with Gasteiger partial charge in [-0.15, -0.1) is 0 Å². The van der Waals surface area contributed by atoms with Crippen molar-refractivity contribution in [2.24, 2.45) is 7.05 Å². The van der Waals surface area contributed by atoms with E-state index in [4.69, 9.17) is 0 Å². The summed E-state index contributed by atoms with van der Waals surface area (Å²) in [6.45, 7) is 2.80. The second kappa shape index (κ2) is 5.71. The number of alkyl halides is 2. The Kier molecular flexibility index (Phi) is 3.75. The lowest BCUT2D eigenvalue weighted by atomic mass is 10.1. The zero-order chi connectivity index (χ0) is 15.7. The van der Waals surface area contributed by atoms with Crippen molar-refractivity contribution < 1.29 is 8.78 Å². The van der Waals surface area contributed by atoms with Crippen LogP contribution >= 0.6 is 0 Å². The summed E-state index contributed by atoms with van der Waals surface area (Å²) >= 11 is 0. The van der Waals surface area contributed by atoms with E-state index in [1.165, 1.54) is 12.3 Å². The van der Waals surface area contributed by atoms with Gasteiger partial charge in [-0.2, -0.15) is 0 Å². The third-order valence-electron chi connectivity index (χ3n) is 3.52. The molecule has 1 N–H and O–H groups in total. The third-order valence-corrected chi connectivity index (χ3v) is 3.52. The van der Waals surface area contributed by atoms with Crippen LogP contribution in [0.2, 0.25) is 0 Å². The topological polar surface area (TPSA) is 42.7 Å². The maximum Gasteiger partial charge on any atom is 0.265 e. The van der Waals surface area contributed by atoms with E-state index in [9.17, 15) is 8.78 Å². The smallest absolute Gasteiger partial charge is 0.265 e. The minimum absolute atomic E-state index is 0.114. The van der Waals surface area contributed by atoms with Gasteiger partial charge in [-0.1, -0.05) is 12.1 Å². The molecule has 0 amide bonds. The first-order chi connectivity index (χ1) is 10.6. The first-order valence-corrected chi connectivity index (χ1v) is 7.05. The summed E-state index contributed by atoms with van der Waals surface area (Å²) in [7, 11) is 1.84. The number of para-hydroxylation sites is 1. The molecule has 0 aliphatic rings. The lowest BCUT2D eigenvalue weighted by Crippen LogP contribution is -2.01. The summed E-state index contributed by atoms with van der Waals surface area (Å²) in [5.74, 6) is 0.700. The van der Waals surface area contributed by atoms with Crippen LogP contribution in [0.3, 0.4) is 0 Å². The Labute approximate surface area is 126 Å². The highest BCUT2D eigenvalue weighted by molar-refractivity contribution is 5.82. The van der Waals surface area contributed by atoms with Crippen LogP contribution in [-0.2, 0) is 7.05 Å². The first-order valence-electron chi connectivity index (χ1n) is 7.05. The third kappa shape index (κ3) is 2.41. The molecule has 0 unspecified atom stereocenters. The van der Waals surface area contributed by atoms with E-state index in [1.54, 1.807) is 0 Å². The Balaban J connectivity index is 2.17. The van der Waals surface area contributed by atoms with Crippen LogP contribution in [0.1, 0.15) is 18.9 Å². The van der Waals surface area contributed by atoms with E-state index in [0.717, 1.165) is 17.8 Å². The molecule has 0 aliphatic heterocycles. The van der Waals surface area contributed by atoms with Gasteiger partial charge in [0.15, 0.2) is 5.65 Å². The molecule has 0 saturated carbocycles. The van der Waals surface area contributed by atoms with Crippen molar-refractivity contribution in [3.8, 4) is 11.4 Å². The highest BCUT2D eigenvalue weighted by Crippen LogP contribution is 2.30. The van der Waals surface area contributed by atoms with Crippen LogP contribution in [0, 0.1) is 0 Å². The SMILES string of the molecule is CCNc1ccccc1-c1nc2cc(C(F)F)cnc2n1C. The fraction of sp³-hybridized carbons (Fsp3) is 0.250. The number of nitrogens with zero attached hydrogens (tertiary/aromatic N) is 3. The Hall–Kier alpha value is -2.50. The summed E-state index contributed by atoms with van der Waals surface area (Å²) < 4.78 is 27.4. The Bertz CT molecular complexity index is 811. The van der Waals surface area contributed by atoms with Crippen molar-refractivity contribution in [2.75, 3.05) is 11.9 Å². The van der Waals surface area contributed by atoms with Crippen LogP contribution in [0.25, 0.3) is 22.6 Å². The van der Waals surface area contributed by atoms with Gasteiger partial charge < -0.3 is 9.88 Å². The van der Waals surface area contributed by atoms with Crippen LogP contribution in [0.5, 0.6) is 0 Å². The molecule has 114 valence electrons. The van der Waals surface area contributed by atoms with E-state index in [1.807, 2.05) is 42.8 Å². The zero-order valence-electron chi connectivity index (χ0n) is 12.3. The van der Waals surface area contributed by atoms with Gasteiger partial charge in [-0.3, -0.25) is 0 Å².